The minimum atomic E-state index is -0.917. The standard InChI is InChI=1S/C14H17BrN2O7/c1-22-7-12(19)23-6-10-9(18)4-11(24-10)17-5-8(2-3-15)13(20)16-14(17)21/h2-3,5,9-11,18H,4,6-7H2,1H3,(H,16,20,21)/t9?,10-,11-/m0/s1. The summed E-state index contributed by atoms with van der Waals surface area (Å²) in [5.41, 5.74) is -0.934. The minimum Gasteiger partial charge on any atom is -0.461 e. The molecular weight excluding hydrogens is 388 g/mol. The third-order valence-corrected chi connectivity index (χ3v) is 3.69. The van der Waals surface area contributed by atoms with Crippen LogP contribution in [0.25, 0.3) is 6.08 Å². The molecule has 1 aromatic rings. The van der Waals surface area contributed by atoms with Crippen molar-refractivity contribution in [3.05, 3.63) is 37.6 Å². The Morgan fingerprint density at radius 2 is 2.33 bits per heavy atom. The van der Waals surface area contributed by atoms with Gasteiger partial charge in [-0.1, -0.05) is 15.9 Å². The second-order valence-corrected chi connectivity index (χ2v) is 5.62. The Morgan fingerprint density at radius 3 is 3.00 bits per heavy atom. The second-order valence-electron chi connectivity index (χ2n) is 5.09. The number of aromatic amines is 1. The molecule has 0 aromatic carbocycles. The number of ether oxygens (including phenoxy) is 3. The number of hydrogen-bond acceptors (Lipinski definition) is 7. The number of nitrogens with one attached hydrogen (secondary N) is 1. The third-order valence-electron chi connectivity index (χ3n) is 3.42. The monoisotopic (exact) mass is 404 g/mol. The van der Waals surface area contributed by atoms with Crippen molar-refractivity contribution in [3.8, 4) is 0 Å². The fourth-order valence-electron chi connectivity index (χ4n) is 2.27. The lowest BCUT2D eigenvalue weighted by molar-refractivity contribution is -0.154. The minimum absolute atomic E-state index is 0.121. The Balaban J connectivity index is 2.11. The lowest BCUT2D eigenvalue weighted by Crippen LogP contribution is -2.33. The predicted octanol–water partition coefficient (Wildman–Crippen LogP) is -0.260. The number of carbonyl (C=O) groups is 1. The molecule has 9 nitrogen and oxygen atoms in total. The average molecular weight is 405 g/mol. The molecule has 1 saturated heterocycles. The molecule has 2 N–H and O–H groups in total. The van der Waals surface area contributed by atoms with Crippen molar-refractivity contribution in [3.63, 3.8) is 0 Å². The molecular formula is C14H17BrN2O7. The van der Waals surface area contributed by atoms with E-state index in [-0.39, 0.29) is 25.2 Å². The van der Waals surface area contributed by atoms with Crippen LogP contribution in [0, 0.1) is 0 Å². The SMILES string of the molecule is COCC(=O)OC[C@@H]1O[C@H](n2cc(C=CBr)c(=O)[nH]c2=O)CC1O. The van der Waals surface area contributed by atoms with Gasteiger partial charge in [-0.05, 0) is 11.1 Å². The molecule has 1 fully saturated rings. The average Bonchev–Trinajstić information content (AvgIpc) is 2.89. The molecule has 0 saturated carbocycles. The summed E-state index contributed by atoms with van der Waals surface area (Å²) in [6, 6.07) is 0. The summed E-state index contributed by atoms with van der Waals surface area (Å²) >= 11 is 3.06. The highest BCUT2D eigenvalue weighted by molar-refractivity contribution is 9.11. The van der Waals surface area contributed by atoms with E-state index in [1.54, 1.807) is 0 Å². The van der Waals surface area contributed by atoms with Gasteiger partial charge >= 0.3 is 11.7 Å². The molecule has 1 aliphatic rings. The quantitative estimate of drug-likeness (QED) is 0.626. The second kappa shape index (κ2) is 8.38. The van der Waals surface area contributed by atoms with Crippen molar-refractivity contribution in [1.29, 1.82) is 0 Å². The number of aromatic nitrogens is 2. The number of esters is 1. The number of nitrogens with zero attached hydrogens (tertiary/aromatic N) is 1. The highest BCUT2D eigenvalue weighted by Gasteiger charge is 2.36. The van der Waals surface area contributed by atoms with Crippen LogP contribution < -0.4 is 11.2 Å². The van der Waals surface area contributed by atoms with Crippen LogP contribution >= 0.6 is 15.9 Å². The Hall–Kier alpha value is -1.75. The van der Waals surface area contributed by atoms with E-state index < -0.39 is 35.7 Å². The summed E-state index contributed by atoms with van der Waals surface area (Å²) in [4.78, 5) is 38.6. The van der Waals surface area contributed by atoms with Gasteiger partial charge in [-0.2, -0.15) is 0 Å². The van der Waals surface area contributed by atoms with Crippen LogP contribution in [0.1, 0.15) is 18.2 Å². The van der Waals surface area contributed by atoms with Gasteiger partial charge in [0.25, 0.3) is 5.56 Å². The Labute approximate surface area is 145 Å². The maximum atomic E-state index is 12.0. The summed E-state index contributed by atoms with van der Waals surface area (Å²) in [7, 11) is 1.36. The van der Waals surface area contributed by atoms with E-state index in [1.165, 1.54) is 28.9 Å². The fourth-order valence-corrected chi connectivity index (χ4v) is 2.56. The molecule has 1 aromatic heterocycles. The Morgan fingerprint density at radius 1 is 1.58 bits per heavy atom. The van der Waals surface area contributed by atoms with Gasteiger partial charge in [0.05, 0.1) is 11.7 Å². The maximum absolute atomic E-state index is 12.0. The molecule has 0 aliphatic carbocycles. The number of halogens is 1. The molecule has 0 radical (unpaired) electrons. The molecule has 0 spiro atoms. The molecule has 3 atom stereocenters. The molecule has 1 unspecified atom stereocenters. The van der Waals surface area contributed by atoms with E-state index in [9.17, 15) is 19.5 Å². The zero-order chi connectivity index (χ0) is 17.7. The molecule has 0 amide bonds. The van der Waals surface area contributed by atoms with Crippen molar-refractivity contribution in [1.82, 2.24) is 9.55 Å². The first-order valence-electron chi connectivity index (χ1n) is 7.06. The van der Waals surface area contributed by atoms with E-state index in [1.807, 2.05) is 0 Å². The number of carbonyl (C=O) groups excluding carboxylic acids is 1. The van der Waals surface area contributed by atoms with Crippen LogP contribution in [0.3, 0.4) is 0 Å². The van der Waals surface area contributed by atoms with Crippen molar-refractivity contribution >= 4 is 28.0 Å². The van der Waals surface area contributed by atoms with Crippen molar-refractivity contribution in [2.24, 2.45) is 0 Å². The maximum Gasteiger partial charge on any atom is 0.332 e. The summed E-state index contributed by atoms with van der Waals surface area (Å²) in [5.74, 6) is -0.581. The summed E-state index contributed by atoms with van der Waals surface area (Å²) in [6.45, 7) is -0.361. The van der Waals surface area contributed by atoms with Crippen LogP contribution in [-0.2, 0) is 19.0 Å². The number of aliphatic hydroxyl groups is 1. The van der Waals surface area contributed by atoms with Gasteiger partial charge in [0.15, 0.2) is 0 Å². The number of rotatable bonds is 6. The number of methoxy groups -OCH3 is 1. The van der Waals surface area contributed by atoms with Crippen LogP contribution in [0.2, 0.25) is 0 Å². The first kappa shape index (κ1) is 18.6. The van der Waals surface area contributed by atoms with Gasteiger partial charge in [0.2, 0.25) is 0 Å². The largest absolute Gasteiger partial charge is 0.461 e. The first-order valence-corrected chi connectivity index (χ1v) is 7.98. The van der Waals surface area contributed by atoms with Gasteiger partial charge in [0, 0.05) is 19.7 Å². The highest BCUT2D eigenvalue weighted by Crippen LogP contribution is 2.27. The van der Waals surface area contributed by atoms with Gasteiger partial charge < -0.3 is 19.3 Å². The van der Waals surface area contributed by atoms with Crippen molar-refractivity contribution in [2.75, 3.05) is 20.3 Å². The van der Waals surface area contributed by atoms with Gasteiger partial charge in [-0.3, -0.25) is 14.3 Å². The number of H-pyrrole nitrogens is 1. The lowest BCUT2D eigenvalue weighted by atomic mass is 10.2. The van der Waals surface area contributed by atoms with E-state index in [0.29, 0.717) is 0 Å². The zero-order valence-corrected chi connectivity index (χ0v) is 14.4. The first-order chi connectivity index (χ1) is 11.5. The smallest absolute Gasteiger partial charge is 0.332 e. The van der Waals surface area contributed by atoms with E-state index in [0.717, 1.165) is 0 Å². The molecule has 0 bridgehead atoms. The molecule has 2 heterocycles. The topological polar surface area (TPSA) is 120 Å². The normalized spacial score (nSPS) is 23.7. The Bertz CT molecular complexity index is 727. The molecule has 10 heteroatoms. The van der Waals surface area contributed by atoms with Gasteiger partial charge in [0.1, 0.15) is 25.5 Å². The lowest BCUT2D eigenvalue weighted by Gasteiger charge is -2.16. The van der Waals surface area contributed by atoms with Gasteiger partial charge in [-0.15, -0.1) is 0 Å². The van der Waals surface area contributed by atoms with Gasteiger partial charge in [-0.25, -0.2) is 9.59 Å². The molecule has 132 valence electrons. The number of hydrogen-bond donors (Lipinski definition) is 2. The summed E-state index contributed by atoms with van der Waals surface area (Å²) in [5, 5.41) is 10.0. The van der Waals surface area contributed by atoms with Crippen LogP contribution in [0.4, 0.5) is 0 Å². The predicted molar refractivity (Wildman–Crippen MR) is 86.7 cm³/mol. The van der Waals surface area contributed by atoms with E-state index in [4.69, 9.17) is 9.47 Å². The summed E-state index contributed by atoms with van der Waals surface area (Å²) < 4.78 is 16.3. The van der Waals surface area contributed by atoms with Crippen LogP contribution in [0.15, 0.2) is 20.8 Å². The zero-order valence-electron chi connectivity index (χ0n) is 12.8. The van der Waals surface area contributed by atoms with Crippen LogP contribution in [-0.4, -0.2) is 53.2 Å². The van der Waals surface area contributed by atoms with Crippen molar-refractivity contribution in [2.45, 2.75) is 24.9 Å². The molecule has 2 rings (SSSR count). The van der Waals surface area contributed by atoms with E-state index >= 15 is 0 Å². The highest BCUT2D eigenvalue weighted by atomic mass is 79.9. The molecule has 1 aliphatic heterocycles. The fraction of sp³-hybridized carbons (Fsp3) is 0.500. The third kappa shape index (κ3) is 4.41. The number of aliphatic hydroxyl groups excluding tert-OH is 1. The Kier molecular flexibility index (Phi) is 6.49. The van der Waals surface area contributed by atoms with Crippen LogP contribution in [0.5, 0.6) is 0 Å². The van der Waals surface area contributed by atoms with E-state index in [2.05, 4.69) is 25.7 Å². The van der Waals surface area contributed by atoms with Crippen molar-refractivity contribution < 1.29 is 24.1 Å². The molecule has 24 heavy (non-hydrogen) atoms. The summed E-state index contributed by atoms with van der Waals surface area (Å²) in [6.07, 6.45) is 0.470.